The fraction of sp³-hybridized carbons (Fsp3) is 0.100. The summed E-state index contributed by atoms with van der Waals surface area (Å²) < 4.78 is 0. The Morgan fingerprint density at radius 1 is 0.826 bits per heavy atom. The van der Waals surface area contributed by atoms with Gasteiger partial charge in [0.15, 0.2) is 5.78 Å². The summed E-state index contributed by atoms with van der Waals surface area (Å²) in [5.41, 5.74) is 3.21. The first-order valence-corrected chi connectivity index (χ1v) is 7.51. The lowest BCUT2D eigenvalue weighted by Gasteiger charge is -2.04. The Morgan fingerprint density at radius 2 is 1.35 bits per heavy atom. The van der Waals surface area contributed by atoms with Gasteiger partial charge in [-0.05, 0) is 23.1 Å². The van der Waals surface area contributed by atoms with Crippen LogP contribution < -0.4 is 0 Å². The van der Waals surface area contributed by atoms with Gasteiger partial charge in [-0.15, -0.1) is 0 Å². The highest BCUT2D eigenvalue weighted by atomic mass is 16.4. The van der Waals surface area contributed by atoms with E-state index in [1.165, 1.54) is 0 Å². The topological polar surface area (TPSA) is 54.4 Å². The summed E-state index contributed by atoms with van der Waals surface area (Å²) in [6.07, 6.45) is 0.494. The van der Waals surface area contributed by atoms with Crippen molar-refractivity contribution in [3.63, 3.8) is 0 Å². The van der Waals surface area contributed by atoms with Crippen LogP contribution in [-0.2, 0) is 6.42 Å². The molecule has 0 spiro atoms. The predicted molar refractivity (Wildman–Crippen MR) is 89.3 cm³/mol. The second-order valence-corrected chi connectivity index (χ2v) is 5.32. The zero-order chi connectivity index (χ0) is 16.4. The highest BCUT2D eigenvalue weighted by Crippen LogP contribution is 2.38. The van der Waals surface area contributed by atoms with Gasteiger partial charge in [0.05, 0.1) is 5.56 Å². The van der Waals surface area contributed by atoms with Gasteiger partial charge in [0.1, 0.15) is 0 Å². The molecule has 0 saturated carbocycles. The van der Waals surface area contributed by atoms with Crippen LogP contribution in [0, 0.1) is 0 Å². The van der Waals surface area contributed by atoms with E-state index in [9.17, 15) is 14.7 Å². The van der Waals surface area contributed by atoms with Crippen molar-refractivity contribution in [3.05, 3.63) is 82.9 Å². The zero-order valence-electron chi connectivity index (χ0n) is 12.7. The molecule has 2 aliphatic rings. The number of aromatic carboxylic acids is 1. The molecule has 0 saturated heterocycles. The Balaban J connectivity index is 2.33. The first-order valence-electron chi connectivity index (χ1n) is 7.51. The molecular formula is C20H16O3. The number of carbonyl (C=O) groups excluding carboxylic acids is 1. The van der Waals surface area contributed by atoms with Crippen molar-refractivity contribution in [1.82, 2.24) is 0 Å². The normalized spacial score (nSPS) is 10.7. The van der Waals surface area contributed by atoms with Gasteiger partial charge in [-0.1, -0.05) is 67.6 Å². The number of carboxylic acids is 1. The standard InChI is InChI=1S/C20H16O3/c1-2-14-17(19(21)13-9-5-3-6-10-13)15-11-7-4-8-12-16(15)18(14)20(22)23/h3-12H,2H2,1H3,(H,22,23). The van der Waals surface area contributed by atoms with Gasteiger partial charge in [-0.25, -0.2) is 4.79 Å². The molecule has 0 fully saturated rings. The van der Waals surface area contributed by atoms with Crippen LogP contribution in [0.2, 0.25) is 0 Å². The van der Waals surface area contributed by atoms with Crippen LogP contribution in [0.3, 0.4) is 0 Å². The minimum atomic E-state index is -0.995. The summed E-state index contributed by atoms with van der Waals surface area (Å²) in [5, 5.41) is 9.63. The van der Waals surface area contributed by atoms with Crippen molar-refractivity contribution in [2.24, 2.45) is 0 Å². The SMILES string of the molecule is CCc1c(C(=O)O)c2cccccc-2c1C(=O)c1ccccc1. The van der Waals surface area contributed by atoms with Crippen LogP contribution >= 0.6 is 0 Å². The Labute approximate surface area is 134 Å². The van der Waals surface area contributed by atoms with E-state index >= 15 is 0 Å². The van der Waals surface area contributed by atoms with E-state index in [0.29, 0.717) is 34.2 Å². The average molecular weight is 304 g/mol. The monoisotopic (exact) mass is 304 g/mol. The van der Waals surface area contributed by atoms with Gasteiger partial charge >= 0.3 is 5.97 Å². The third-order valence-electron chi connectivity index (χ3n) is 4.01. The van der Waals surface area contributed by atoms with Crippen LogP contribution in [0.5, 0.6) is 0 Å². The van der Waals surface area contributed by atoms with Crippen LogP contribution in [-0.4, -0.2) is 16.9 Å². The van der Waals surface area contributed by atoms with Crippen molar-refractivity contribution in [3.8, 4) is 11.1 Å². The maximum atomic E-state index is 13.0. The van der Waals surface area contributed by atoms with Crippen LogP contribution in [0.15, 0.2) is 60.7 Å². The molecule has 2 aliphatic carbocycles. The van der Waals surface area contributed by atoms with E-state index in [4.69, 9.17) is 0 Å². The molecule has 1 aromatic rings. The number of ketones is 1. The molecule has 1 N–H and O–H groups in total. The third kappa shape index (κ3) is 2.50. The van der Waals surface area contributed by atoms with Crippen LogP contribution in [0.25, 0.3) is 11.1 Å². The fourth-order valence-electron chi connectivity index (χ4n) is 3.02. The van der Waals surface area contributed by atoms with Gasteiger partial charge in [0.2, 0.25) is 0 Å². The van der Waals surface area contributed by atoms with Gasteiger partial charge in [-0.2, -0.15) is 0 Å². The molecule has 0 unspecified atom stereocenters. The van der Waals surface area contributed by atoms with Crippen LogP contribution in [0.1, 0.15) is 38.8 Å². The molecule has 0 atom stereocenters. The number of carboxylic acid groups (broad SMARTS) is 1. The Morgan fingerprint density at radius 3 is 1.87 bits per heavy atom. The molecule has 3 nitrogen and oxygen atoms in total. The number of benzene rings is 1. The summed E-state index contributed by atoms with van der Waals surface area (Å²) in [5.74, 6) is -1.13. The molecule has 0 aromatic heterocycles. The fourth-order valence-corrected chi connectivity index (χ4v) is 3.02. The smallest absolute Gasteiger partial charge is 0.336 e. The maximum absolute atomic E-state index is 13.0. The molecule has 23 heavy (non-hydrogen) atoms. The summed E-state index contributed by atoms with van der Waals surface area (Å²) in [7, 11) is 0. The van der Waals surface area contributed by atoms with E-state index in [1.807, 2.05) is 43.3 Å². The number of rotatable bonds is 4. The number of hydrogen-bond donors (Lipinski definition) is 1. The quantitative estimate of drug-likeness (QED) is 0.732. The lowest BCUT2D eigenvalue weighted by atomic mass is 9.97. The predicted octanol–water partition coefficient (Wildman–Crippen LogP) is 4.28. The number of fused-ring (bicyclic) bond motifs is 1. The number of carbonyl (C=O) groups is 2. The van der Waals surface area contributed by atoms with Crippen molar-refractivity contribution < 1.29 is 14.7 Å². The van der Waals surface area contributed by atoms with Crippen LogP contribution in [0.4, 0.5) is 0 Å². The second kappa shape index (κ2) is 6.05. The van der Waals surface area contributed by atoms with E-state index in [1.54, 1.807) is 24.3 Å². The molecule has 0 heterocycles. The highest BCUT2D eigenvalue weighted by Gasteiger charge is 2.29. The van der Waals surface area contributed by atoms with Gasteiger partial charge in [0.25, 0.3) is 0 Å². The first-order chi connectivity index (χ1) is 11.1. The maximum Gasteiger partial charge on any atom is 0.336 e. The molecule has 114 valence electrons. The molecular weight excluding hydrogens is 288 g/mol. The minimum absolute atomic E-state index is 0.133. The first kappa shape index (κ1) is 15.0. The lowest BCUT2D eigenvalue weighted by molar-refractivity contribution is 0.0697. The van der Waals surface area contributed by atoms with E-state index in [2.05, 4.69) is 0 Å². The third-order valence-corrected chi connectivity index (χ3v) is 4.01. The average Bonchev–Trinajstić information content (AvgIpc) is 2.70. The summed E-state index contributed by atoms with van der Waals surface area (Å²) in [4.78, 5) is 24.7. The van der Waals surface area contributed by atoms with Gasteiger partial charge in [-0.3, -0.25) is 4.79 Å². The molecule has 0 bridgehead atoms. The van der Waals surface area contributed by atoms with Crippen molar-refractivity contribution in [2.75, 3.05) is 0 Å². The molecule has 3 rings (SSSR count). The molecule has 1 aromatic carbocycles. The Bertz CT molecular complexity index is 850. The summed E-state index contributed by atoms with van der Waals surface area (Å²) in [6, 6.07) is 18.0. The summed E-state index contributed by atoms with van der Waals surface area (Å²) >= 11 is 0. The summed E-state index contributed by atoms with van der Waals surface area (Å²) in [6.45, 7) is 1.88. The zero-order valence-corrected chi connectivity index (χ0v) is 12.7. The van der Waals surface area contributed by atoms with Crippen molar-refractivity contribution in [2.45, 2.75) is 13.3 Å². The molecule has 3 heteroatoms. The molecule has 0 aliphatic heterocycles. The Hall–Kier alpha value is -2.94. The molecule has 0 amide bonds. The number of hydrogen-bond acceptors (Lipinski definition) is 2. The van der Waals surface area contributed by atoms with E-state index in [0.717, 1.165) is 0 Å². The largest absolute Gasteiger partial charge is 0.478 e. The lowest BCUT2D eigenvalue weighted by Crippen LogP contribution is -2.05. The van der Waals surface area contributed by atoms with Crippen molar-refractivity contribution in [1.29, 1.82) is 0 Å². The minimum Gasteiger partial charge on any atom is -0.478 e. The van der Waals surface area contributed by atoms with Gasteiger partial charge in [0, 0.05) is 11.1 Å². The van der Waals surface area contributed by atoms with Crippen molar-refractivity contribution >= 4 is 11.8 Å². The molecule has 0 radical (unpaired) electrons. The van der Waals surface area contributed by atoms with E-state index < -0.39 is 5.97 Å². The second-order valence-electron chi connectivity index (χ2n) is 5.32. The Kier molecular flexibility index (Phi) is 3.94. The van der Waals surface area contributed by atoms with Gasteiger partial charge < -0.3 is 5.11 Å². The highest BCUT2D eigenvalue weighted by molar-refractivity contribution is 6.18. The van der Waals surface area contributed by atoms with E-state index in [-0.39, 0.29) is 11.3 Å².